The predicted molar refractivity (Wildman–Crippen MR) is 134 cm³/mol. The summed E-state index contributed by atoms with van der Waals surface area (Å²) in [5, 5.41) is 7.53. The van der Waals surface area contributed by atoms with E-state index in [0.29, 0.717) is 28.9 Å². The molecule has 1 aromatic rings. The molecule has 172 valence electrons. The van der Waals surface area contributed by atoms with Crippen LogP contribution in [0.25, 0.3) is 0 Å². The van der Waals surface area contributed by atoms with Crippen LogP contribution in [-0.4, -0.2) is 47.3 Å². The fourth-order valence-corrected chi connectivity index (χ4v) is 5.60. The van der Waals surface area contributed by atoms with Gasteiger partial charge in [0.25, 0.3) is 0 Å². The second-order valence-electron chi connectivity index (χ2n) is 10.1. The number of nitrogens with one attached hydrogen (secondary N) is 2. The smallest absolute Gasteiger partial charge is 0.232 e. The summed E-state index contributed by atoms with van der Waals surface area (Å²) < 4.78 is 0. The van der Waals surface area contributed by atoms with Crippen LogP contribution in [0.2, 0.25) is 0 Å². The van der Waals surface area contributed by atoms with Crippen LogP contribution in [0.4, 0.5) is 17.6 Å². The third-order valence-corrected chi connectivity index (χ3v) is 7.30. The summed E-state index contributed by atoms with van der Waals surface area (Å²) in [6, 6.07) is 2.67. The van der Waals surface area contributed by atoms with E-state index in [1.54, 1.807) is 0 Å². The Morgan fingerprint density at radius 1 is 0.839 bits per heavy atom. The molecule has 31 heavy (non-hydrogen) atoms. The SMILES string of the molecule is CC1CCCN(c2cc(N3CCCC(C)C3)nc(NC(=S)NC3CCCCCC3)n2)C1. The fourth-order valence-electron chi connectivity index (χ4n) is 5.34. The Labute approximate surface area is 193 Å². The van der Waals surface area contributed by atoms with Crippen molar-refractivity contribution in [2.24, 2.45) is 11.8 Å². The van der Waals surface area contributed by atoms with Gasteiger partial charge in [0.15, 0.2) is 5.11 Å². The lowest BCUT2D eigenvalue weighted by atomic mass is 10.00. The van der Waals surface area contributed by atoms with Crippen LogP contribution in [0.3, 0.4) is 0 Å². The summed E-state index contributed by atoms with van der Waals surface area (Å²) in [6.45, 7) is 8.95. The van der Waals surface area contributed by atoms with Gasteiger partial charge in [0.2, 0.25) is 5.95 Å². The Kier molecular flexibility index (Phi) is 7.86. The van der Waals surface area contributed by atoms with E-state index in [1.165, 1.54) is 64.2 Å². The zero-order chi connectivity index (χ0) is 21.6. The molecule has 1 aliphatic carbocycles. The van der Waals surface area contributed by atoms with E-state index in [4.69, 9.17) is 22.2 Å². The summed E-state index contributed by atoms with van der Waals surface area (Å²) in [5.41, 5.74) is 0. The van der Waals surface area contributed by atoms with Crippen molar-refractivity contribution >= 4 is 34.9 Å². The molecule has 0 radical (unpaired) electrons. The summed E-state index contributed by atoms with van der Waals surface area (Å²) in [4.78, 5) is 14.7. The number of hydrogen-bond donors (Lipinski definition) is 2. The number of thiocarbonyl (C=S) groups is 1. The maximum atomic E-state index is 5.67. The van der Waals surface area contributed by atoms with Crippen LogP contribution in [0.5, 0.6) is 0 Å². The van der Waals surface area contributed by atoms with Gasteiger partial charge in [-0.1, -0.05) is 39.5 Å². The highest BCUT2D eigenvalue weighted by Gasteiger charge is 2.23. The predicted octanol–water partition coefficient (Wildman–Crippen LogP) is 4.96. The lowest BCUT2D eigenvalue weighted by molar-refractivity contribution is 0.441. The van der Waals surface area contributed by atoms with Crippen LogP contribution in [0.1, 0.15) is 78.1 Å². The molecule has 3 fully saturated rings. The van der Waals surface area contributed by atoms with Crippen LogP contribution < -0.4 is 20.4 Å². The average Bonchev–Trinajstić information content (AvgIpc) is 3.02. The molecule has 0 spiro atoms. The number of rotatable bonds is 4. The van der Waals surface area contributed by atoms with Gasteiger partial charge < -0.3 is 20.4 Å². The summed E-state index contributed by atoms with van der Waals surface area (Å²) in [5.74, 6) is 4.12. The zero-order valence-electron chi connectivity index (χ0n) is 19.4. The molecule has 0 aromatic carbocycles. The molecule has 2 N–H and O–H groups in total. The first-order chi connectivity index (χ1) is 15.1. The van der Waals surface area contributed by atoms with Gasteiger partial charge in [-0.25, -0.2) is 0 Å². The number of piperidine rings is 2. The van der Waals surface area contributed by atoms with Crippen molar-refractivity contribution in [1.82, 2.24) is 15.3 Å². The molecular weight excluding hydrogens is 404 g/mol. The van der Waals surface area contributed by atoms with Crippen molar-refractivity contribution < 1.29 is 0 Å². The van der Waals surface area contributed by atoms with Gasteiger partial charge in [0, 0.05) is 38.3 Å². The molecule has 2 atom stereocenters. The molecule has 4 rings (SSSR count). The first-order valence-corrected chi connectivity index (χ1v) is 12.9. The molecule has 3 heterocycles. The van der Waals surface area contributed by atoms with Crippen molar-refractivity contribution in [3.63, 3.8) is 0 Å². The van der Waals surface area contributed by atoms with Crippen molar-refractivity contribution in [2.75, 3.05) is 41.3 Å². The van der Waals surface area contributed by atoms with Crippen molar-refractivity contribution in [3.8, 4) is 0 Å². The Bertz CT molecular complexity index is 693. The van der Waals surface area contributed by atoms with Crippen molar-refractivity contribution in [2.45, 2.75) is 84.1 Å². The first kappa shape index (κ1) is 22.6. The number of nitrogens with zero attached hydrogens (tertiary/aromatic N) is 4. The molecular formula is C24H40N6S. The molecule has 2 saturated heterocycles. The first-order valence-electron chi connectivity index (χ1n) is 12.5. The van der Waals surface area contributed by atoms with Crippen LogP contribution in [0.15, 0.2) is 6.07 Å². The largest absolute Gasteiger partial charge is 0.360 e. The second kappa shape index (κ2) is 10.8. The number of aromatic nitrogens is 2. The van der Waals surface area contributed by atoms with Crippen molar-refractivity contribution in [1.29, 1.82) is 0 Å². The van der Waals surface area contributed by atoms with Gasteiger partial charge >= 0.3 is 0 Å². The third kappa shape index (κ3) is 6.43. The third-order valence-electron chi connectivity index (χ3n) is 7.08. The quantitative estimate of drug-likeness (QED) is 0.503. The second-order valence-corrected chi connectivity index (χ2v) is 10.5. The standard InChI is InChI=1S/C24H40N6S/c1-18-9-7-13-29(16-18)21-15-22(30-14-8-10-19(2)17-30)27-23(26-21)28-24(31)25-20-11-5-3-4-6-12-20/h15,18-20H,3-14,16-17H2,1-2H3,(H2,25,26,27,28,31). The van der Waals surface area contributed by atoms with Crippen LogP contribution in [-0.2, 0) is 0 Å². The minimum atomic E-state index is 0.469. The Morgan fingerprint density at radius 2 is 1.39 bits per heavy atom. The zero-order valence-corrected chi connectivity index (χ0v) is 20.2. The van der Waals surface area contributed by atoms with E-state index in [-0.39, 0.29) is 0 Å². The Morgan fingerprint density at radius 3 is 1.90 bits per heavy atom. The van der Waals surface area contributed by atoms with Gasteiger partial charge in [-0.15, -0.1) is 0 Å². The molecule has 0 amide bonds. The normalized spacial score (nSPS) is 25.7. The van der Waals surface area contributed by atoms with Gasteiger partial charge in [0.1, 0.15) is 11.6 Å². The van der Waals surface area contributed by atoms with E-state index in [9.17, 15) is 0 Å². The summed E-state index contributed by atoms with van der Waals surface area (Å²) >= 11 is 5.67. The molecule has 2 unspecified atom stereocenters. The molecule has 1 aromatic heterocycles. The van der Waals surface area contributed by atoms with E-state index in [1.807, 2.05) is 0 Å². The highest BCUT2D eigenvalue weighted by Crippen LogP contribution is 2.28. The molecule has 1 saturated carbocycles. The van der Waals surface area contributed by atoms with Gasteiger partial charge in [-0.05, 0) is 62.6 Å². The minimum Gasteiger partial charge on any atom is -0.360 e. The molecule has 3 aliphatic rings. The Hall–Kier alpha value is -1.63. The van der Waals surface area contributed by atoms with Crippen molar-refractivity contribution in [3.05, 3.63) is 6.07 Å². The van der Waals surface area contributed by atoms with E-state index < -0.39 is 0 Å². The molecule has 6 nitrogen and oxygen atoms in total. The number of anilines is 3. The van der Waals surface area contributed by atoms with E-state index >= 15 is 0 Å². The average molecular weight is 445 g/mol. The van der Waals surface area contributed by atoms with E-state index in [0.717, 1.165) is 37.8 Å². The van der Waals surface area contributed by atoms with Crippen LogP contribution >= 0.6 is 12.2 Å². The highest BCUT2D eigenvalue weighted by atomic mass is 32.1. The molecule has 2 aliphatic heterocycles. The molecule has 7 heteroatoms. The van der Waals surface area contributed by atoms with Gasteiger partial charge in [-0.2, -0.15) is 9.97 Å². The van der Waals surface area contributed by atoms with Crippen LogP contribution in [0, 0.1) is 11.8 Å². The lowest BCUT2D eigenvalue weighted by Crippen LogP contribution is -2.39. The van der Waals surface area contributed by atoms with Gasteiger partial charge in [0.05, 0.1) is 0 Å². The fraction of sp³-hybridized carbons (Fsp3) is 0.792. The maximum absolute atomic E-state index is 5.67. The van der Waals surface area contributed by atoms with Gasteiger partial charge in [-0.3, -0.25) is 0 Å². The summed E-state index contributed by atoms with van der Waals surface area (Å²) in [7, 11) is 0. The highest BCUT2D eigenvalue weighted by molar-refractivity contribution is 7.80. The Balaban J connectivity index is 1.51. The summed E-state index contributed by atoms with van der Waals surface area (Å²) in [6.07, 6.45) is 12.7. The lowest BCUT2D eigenvalue weighted by Gasteiger charge is -2.35. The monoisotopic (exact) mass is 444 g/mol. The van der Waals surface area contributed by atoms with E-state index in [2.05, 4.69) is 40.3 Å². The minimum absolute atomic E-state index is 0.469. The topological polar surface area (TPSA) is 56.3 Å². The molecule has 0 bridgehead atoms. The number of hydrogen-bond acceptors (Lipinski definition) is 5. The maximum Gasteiger partial charge on any atom is 0.232 e.